The Labute approximate surface area is 156 Å². The van der Waals surface area contributed by atoms with Gasteiger partial charge in [0.2, 0.25) is 6.10 Å². The zero-order valence-corrected chi connectivity index (χ0v) is 15.3. The summed E-state index contributed by atoms with van der Waals surface area (Å²) < 4.78 is 16.7. The number of hydrogen-bond donors (Lipinski definition) is 0. The number of ether oxygens (including phenoxy) is 2. The molecule has 0 bridgehead atoms. The molecule has 0 N–H and O–H groups in total. The molecule has 0 aliphatic heterocycles. The predicted molar refractivity (Wildman–Crippen MR) is 101 cm³/mol. The lowest BCUT2D eigenvalue weighted by Crippen LogP contribution is -2.20. The summed E-state index contributed by atoms with van der Waals surface area (Å²) in [5.74, 6) is 0.0519. The zero-order chi connectivity index (χ0) is 19.0. The minimum Gasteiger partial charge on any atom is -0.473 e. The molecule has 1 unspecified atom stereocenters. The molecule has 0 spiro atoms. The fourth-order valence-electron chi connectivity index (χ4n) is 3.71. The van der Waals surface area contributed by atoms with Crippen molar-refractivity contribution >= 4 is 16.9 Å². The van der Waals surface area contributed by atoms with E-state index in [1.165, 1.54) is 7.11 Å². The van der Waals surface area contributed by atoms with Crippen molar-refractivity contribution in [1.29, 1.82) is 0 Å². The largest absolute Gasteiger partial charge is 0.473 e. The summed E-state index contributed by atoms with van der Waals surface area (Å²) in [6.45, 7) is 1.90. The van der Waals surface area contributed by atoms with Crippen molar-refractivity contribution in [3.05, 3.63) is 75.1 Å². The van der Waals surface area contributed by atoms with E-state index < -0.39 is 12.1 Å². The molecule has 0 saturated heterocycles. The van der Waals surface area contributed by atoms with Gasteiger partial charge in [-0.15, -0.1) is 0 Å². The summed E-state index contributed by atoms with van der Waals surface area (Å²) in [7, 11) is 1.34. The summed E-state index contributed by atoms with van der Waals surface area (Å²) in [6.07, 6.45) is 1.52. The van der Waals surface area contributed by atoms with Crippen molar-refractivity contribution < 1.29 is 18.7 Å². The van der Waals surface area contributed by atoms with Gasteiger partial charge >= 0.3 is 11.6 Å². The van der Waals surface area contributed by atoms with E-state index in [-0.39, 0.29) is 5.63 Å². The highest BCUT2D eigenvalue weighted by Crippen LogP contribution is 2.37. The van der Waals surface area contributed by atoms with Crippen molar-refractivity contribution in [2.75, 3.05) is 7.11 Å². The third kappa shape index (κ3) is 3.10. The van der Waals surface area contributed by atoms with Crippen LogP contribution in [0.5, 0.6) is 5.75 Å². The van der Waals surface area contributed by atoms with E-state index in [0.29, 0.717) is 28.9 Å². The van der Waals surface area contributed by atoms with Crippen molar-refractivity contribution in [3.63, 3.8) is 0 Å². The van der Waals surface area contributed by atoms with Crippen molar-refractivity contribution in [2.24, 2.45) is 0 Å². The van der Waals surface area contributed by atoms with Crippen LogP contribution in [0.2, 0.25) is 0 Å². The molecule has 3 aromatic rings. The van der Waals surface area contributed by atoms with Crippen LogP contribution in [0.25, 0.3) is 11.0 Å². The molecule has 1 aromatic heterocycles. The van der Waals surface area contributed by atoms with Gasteiger partial charge in [-0.1, -0.05) is 30.3 Å². The number of aryl methyl sites for hydroxylation is 2. The van der Waals surface area contributed by atoms with Gasteiger partial charge in [-0.2, -0.15) is 0 Å². The smallest absolute Gasteiger partial charge is 0.351 e. The first-order chi connectivity index (χ1) is 13.1. The second-order valence-corrected chi connectivity index (χ2v) is 6.77. The Bertz CT molecular complexity index is 1070. The van der Waals surface area contributed by atoms with Crippen molar-refractivity contribution in [2.45, 2.75) is 32.3 Å². The fraction of sp³-hybridized carbons (Fsp3) is 0.273. The minimum atomic E-state index is -0.898. The molecule has 0 amide bonds. The number of esters is 1. The SMILES string of the molecule is COC(=O)C(Oc1cc(C)cc2oc(=O)c3c(c12)CCC3)c1ccccc1. The molecule has 2 aromatic carbocycles. The third-order valence-electron chi connectivity index (χ3n) is 4.94. The van der Waals surface area contributed by atoms with Crippen LogP contribution in [-0.2, 0) is 22.4 Å². The minimum absolute atomic E-state index is 0.279. The van der Waals surface area contributed by atoms with E-state index in [1.54, 1.807) is 0 Å². The number of hydrogen-bond acceptors (Lipinski definition) is 5. The standard InChI is InChI=1S/C22H20O5/c1-13-11-17(26-20(22(24)25-2)14-7-4-3-5-8-14)19-15-9-6-10-16(15)21(23)27-18(19)12-13/h3-5,7-8,11-12,20H,6,9-10H2,1-2H3. The van der Waals surface area contributed by atoms with E-state index in [2.05, 4.69) is 0 Å². The lowest BCUT2D eigenvalue weighted by Gasteiger charge is -2.19. The number of benzene rings is 2. The Morgan fingerprint density at radius 3 is 2.59 bits per heavy atom. The molecule has 5 heteroatoms. The summed E-state index contributed by atoms with van der Waals surface area (Å²) >= 11 is 0. The van der Waals surface area contributed by atoms with Crippen LogP contribution in [-0.4, -0.2) is 13.1 Å². The molecule has 4 rings (SSSR count). The highest BCUT2D eigenvalue weighted by Gasteiger charge is 2.27. The van der Waals surface area contributed by atoms with E-state index in [0.717, 1.165) is 29.4 Å². The maximum atomic E-state index is 12.4. The molecule has 5 nitrogen and oxygen atoms in total. The van der Waals surface area contributed by atoms with Gasteiger partial charge < -0.3 is 13.9 Å². The molecule has 27 heavy (non-hydrogen) atoms. The molecule has 1 aliphatic rings. The van der Waals surface area contributed by atoms with Crippen molar-refractivity contribution in [3.8, 4) is 5.75 Å². The Hall–Kier alpha value is -3.08. The van der Waals surface area contributed by atoms with Gasteiger partial charge in [0.15, 0.2) is 0 Å². The molecule has 138 valence electrons. The lowest BCUT2D eigenvalue weighted by atomic mass is 10.0. The number of carbonyl (C=O) groups is 1. The average molecular weight is 364 g/mol. The molecular formula is C22H20O5. The van der Waals surface area contributed by atoms with Gasteiger partial charge in [0.05, 0.1) is 12.5 Å². The average Bonchev–Trinajstić information content (AvgIpc) is 3.16. The highest BCUT2D eigenvalue weighted by atomic mass is 16.6. The first kappa shape index (κ1) is 17.3. The lowest BCUT2D eigenvalue weighted by molar-refractivity contribution is -0.149. The second-order valence-electron chi connectivity index (χ2n) is 6.77. The molecule has 0 radical (unpaired) electrons. The van der Waals surface area contributed by atoms with Gasteiger partial charge in [0.25, 0.3) is 0 Å². The van der Waals surface area contributed by atoms with E-state index in [9.17, 15) is 9.59 Å². The topological polar surface area (TPSA) is 65.7 Å². The van der Waals surface area contributed by atoms with Gasteiger partial charge in [-0.25, -0.2) is 9.59 Å². The fourth-order valence-corrected chi connectivity index (χ4v) is 3.71. The Morgan fingerprint density at radius 2 is 1.85 bits per heavy atom. The first-order valence-corrected chi connectivity index (χ1v) is 8.97. The van der Waals surface area contributed by atoms with E-state index >= 15 is 0 Å². The Balaban J connectivity index is 1.89. The molecule has 0 saturated carbocycles. The maximum absolute atomic E-state index is 12.4. The van der Waals surface area contributed by atoms with Crippen molar-refractivity contribution in [1.82, 2.24) is 0 Å². The maximum Gasteiger partial charge on any atom is 0.351 e. The van der Waals surface area contributed by atoms with Gasteiger partial charge in [0.1, 0.15) is 11.3 Å². The van der Waals surface area contributed by atoms with Crippen LogP contribution in [0.1, 0.15) is 34.8 Å². The summed E-state index contributed by atoms with van der Waals surface area (Å²) in [5.41, 5.74) is 3.48. The second kappa shape index (κ2) is 6.91. The number of fused-ring (bicyclic) bond motifs is 3. The molecule has 1 atom stereocenters. The Kier molecular flexibility index (Phi) is 4.44. The summed E-state index contributed by atoms with van der Waals surface area (Å²) in [4.78, 5) is 24.7. The Morgan fingerprint density at radius 1 is 1.11 bits per heavy atom. The normalized spacial score (nSPS) is 14.0. The van der Waals surface area contributed by atoms with Gasteiger partial charge in [-0.05, 0) is 49.4 Å². The van der Waals surface area contributed by atoms with E-state index in [4.69, 9.17) is 13.9 Å². The molecular weight excluding hydrogens is 344 g/mol. The summed E-state index contributed by atoms with van der Waals surface area (Å²) in [5, 5.41) is 0.775. The van der Waals surface area contributed by atoms with Crippen LogP contribution >= 0.6 is 0 Å². The zero-order valence-electron chi connectivity index (χ0n) is 15.3. The first-order valence-electron chi connectivity index (χ1n) is 8.97. The molecule has 0 fully saturated rings. The van der Waals surface area contributed by atoms with Gasteiger partial charge in [0, 0.05) is 11.1 Å². The molecule has 1 heterocycles. The predicted octanol–water partition coefficient (Wildman–Crippen LogP) is 3.88. The van der Waals surface area contributed by atoms with Crippen LogP contribution in [0.15, 0.2) is 51.7 Å². The van der Waals surface area contributed by atoms with Crippen LogP contribution in [0.3, 0.4) is 0 Å². The quantitative estimate of drug-likeness (QED) is 0.519. The number of methoxy groups -OCH3 is 1. The van der Waals surface area contributed by atoms with Crippen LogP contribution in [0, 0.1) is 6.92 Å². The van der Waals surface area contributed by atoms with Crippen LogP contribution in [0.4, 0.5) is 0 Å². The van der Waals surface area contributed by atoms with Gasteiger partial charge in [-0.3, -0.25) is 0 Å². The number of rotatable bonds is 4. The molecule has 1 aliphatic carbocycles. The summed E-state index contributed by atoms with van der Waals surface area (Å²) in [6, 6.07) is 12.9. The van der Waals surface area contributed by atoms with E-state index in [1.807, 2.05) is 49.4 Å². The van der Waals surface area contributed by atoms with Crippen LogP contribution < -0.4 is 10.4 Å². The highest BCUT2D eigenvalue weighted by molar-refractivity contribution is 5.89. The third-order valence-corrected chi connectivity index (χ3v) is 4.94. The monoisotopic (exact) mass is 364 g/mol. The number of carbonyl (C=O) groups excluding carboxylic acids is 1.